The Morgan fingerprint density at radius 3 is 2.39 bits per heavy atom. The summed E-state index contributed by atoms with van der Waals surface area (Å²) in [6.07, 6.45) is 0.401. The fourth-order valence-corrected chi connectivity index (χ4v) is 3.13. The topological polar surface area (TPSA) is 97.4 Å². The lowest BCUT2D eigenvalue weighted by atomic mass is 10.1. The van der Waals surface area contributed by atoms with E-state index in [0.717, 1.165) is 22.6 Å². The number of carbonyl (C=O) groups is 2. The highest BCUT2D eigenvalue weighted by molar-refractivity contribution is 5.96. The Hall–Kier alpha value is -3.35. The van der Waals surface area contributed by atoms with Gasteiger partial charge in [-0.15, -0.1) is 0 Å². The number of nitrogens with zero attached hydrogens (tertiary/aromatic N) is 2. The smallest absolute Gasteiger partial charge is 0.339 e. The lowest BCUT2D eigenvalue weighted by Gasteiger charge is -2.14. The van der Waals surface area contributed by atoms with Gasteiger partial charge < -0.3 is 14.8 Å². The Balaban J connectivity index is 1.74. The second-order valence-corrected chi connectivity index (χ2v) is 6.73. The van der Waals surface area contributed by atoms with Gasteiger partial charge in [0.05, 0.1) is 17.4 Å². The predicted octanol–water partition coefficient (Wildman–Crippen LogP) is 3.83. The van der Waals surface area contributed by atoms with Gasteiger partial charge in [-0.2, -0.15) is 5.10 Å². The number of aryl methyl sites for hydroxylation is 3. The fraction of sp³-hybridized carbons (Fsp3) is 0.286. The minimum absolute atomic E-state index is 0.000335. The summed E-state index contributed by atoms with van der Waals surface area (Å²) in [4.78, 5) is 23.7. The molecule has 0 bridgehead atoms. The van der Waals surface area contributed by atoms with Gasteiger partial charge in [0.25, 0.3) is 5.91 Å². The first-order valence-electron chi connectivity index (χ1n) is 9.10. The minimum Gasteiger partial charge on any atom is -0.478 e. The SMILES string of the molecule is CCc1oc(C(=O)NC(C)c2ccc(-n3nc(C)cc3C)cc2)cc1C(=O)O. The molecule has 0 spiro atoms. The van der Waals surface area contributed by atoms with Crippen LogP contribution < -0.4 is 5.32 Å². The third kappa shape index (κ3) is 3.83. The van der Waals surface area contributed by atoms with Gasteiger partial charge in [0.2, 0.25) is 0 Å². The van der Waals surface area contributed by atoms with Crippen molar-refractivity contribution in [2.24, 2.45) is 0 Å². The van der Waals surface area contributed by atoms with Crippen molar-refractivity contribution in [3.63, 3.8) is 0 Å². The van der Waals surface area contributed by atoms with E-state index in [9.17, 15) is 14.7 Å². The zero-order valence-electron chi connectivity index (χ0n) is 16.3. The number of aromatic nitrogens is 2. The quantitative estimate of drug-likeness (QED) is 0.676. The highest BCUT2D eigenvalue weighted by Crippen LogP contribution is 2.20. The Bertz CT molecular complexity index is 1010. The average molecular weight is 381 g/mol. The van der Waals surface area contributed by atoms with Crippen molar-refractivity contribution in [3.05, 3.63) is 70.4 Å². The number of hydrogen-bond donors (Lipinski definition) is 2. The van der Waals surface area contributed by atoms with E-state index in [4.69, 9.17) is 4.42 Å². The molecule has 1 atom stereocenters. The van der Waals surface area contributed by atoms with Crippen molar-refractivity contribution in [2.75, 3.05) is 0 Å². The molecule has 2 N–H and O–H groups in total. The van der Waals surface area contributed by atoms with Gasteiger partial charge in [0.15, 0.2) is 5.76 Å². The molecule has 0 radical (unpaired) electrons. The van der Waals surface area contributed by atoms with Gasteiger partial charge in [0, 0.05) is 18.2 Å². The van der Waals surface area contributed by atoms with E-state index in [1.54, 1.807) is 6.92 Å². The van der Waals surface area contributed by atoms with Crippen LogP contribution in [-0.2, 0) is 6.42 Å². The Kier molecular flexibility index (Phi) is 5.35. The third-order valence-electron chi connectivity index (χ3n) is 4.58. The lowest BCUT2D eigenvalue weighted by Crippen LogP contribution is -2.26. The van der Waals surface area contributed by atoms with Gasteiger partial charge >= 0.3 is 5.97 Å². The second kappa shape index (κ2) is 7.72. The summed E-state index contributed by atoms with van der Waals surface area (Å²) in [5, 5.41) is 16.5. The van der Waals surface area contributed by atoms with Crippen LogP contribution in [0.1, 0.15) is 63.5 Å². The molecule has 7 heteroatoms. The first kappa shape index (κ1) is 19.4. The van der Waals surface area contributed by atoms with E-state index in [1.165, 1.54) is 6.07 Å². The number of carboxylic acid groups (broad SMARTS) is 1. The Morgan fingerprint density at radius 2 is 1.89 bits per heavy atom. The summed E-state index contributed by atoms with van der Waals surface area (Å²) in [6, 6.07) is 10.8. The zero-order valence-corrected chi connectivity index (χ0v) is 16.3. The number of amides is 1. The van der Waals surface area contributed by atoms with Crippen LogP contribution in [0.3, 0.4) is 0 Å². The van der Waals surface area contributed by atoms with Gasteiger partial charge in [-0.3, -0.25) is 4.79 Å². The summed E-state index contributed by atoms with van der Waals surface area (Å²) in [7, 11) is 0. The van der Waals surface area contributed by atoms with Crippen molar-refractivity contribution in [2.45, 2.75) is 40.2 Å². The van der Waals surface area contributed by atoms with Gasteiger partial charge in [-0.1, -0.05) is 19.1 Å². The fourth-order valence-electron chi connectivity index (χ4n) is 3.13. The van der Waals surface area contributed by atoms with Crippen molar-refractivity contribution in [1.82, 2.24) is 15.1 Å². The van der Waals surface area contributed by atoms with E-state index in [2.05, 4.69) is 10.4 Å². The second-order valence-electron chi connectivity index (χ2n) is 6.73. The number of nitrogens with one attached hydrogen (secondary N) is 1. The van der Waals surface area contributed by atoms with Crippen LogP contribution in [0.2, 0.25) is 0 Å². The van der Waals surface area contributed by atoms with Crippen molar-refractivity contribution in [3.8, 4) is 5.69 Å². The molecule has 0 fully saturated rings. The molecule has 7 nitrogen and oxygen atoms in total. The number of rotatable bonds is 6. The Labute approximate surface area is 163 Å². The monoisotopic (exact) mass is 381 g/mol. The van der Waals surface area contributed by atoms with Gasteiger partial charge in [-0.05, 0) is 44.5 Å². The molecular formula is C21H23N3O4. The average Bonchev–Trinajstić information content (AvgIpc) is 3.24. The maximum absolute atomic E-state index is 12.5. The molecule has 1 aromatic carbocycles. The van der Waals surface area contributed by atoms with Crippen LogP contribution in [0.4, 0.5) is 0 Å². The first-order valence-corrected chi connectivity index (χ1v) is 9.10. The minimum atomic E-state index is -1.10. The number of carboxylic acids is 1. The molecule has 2 heterocycles. The normalized spacial score (nSPS) is 12.0. The molecule has 2 aromatic heterocycles. The van der Waals surface area contributed by atoms with Gasteiger partial charge in [-0.25, -0.2) is 9.48 Å². The maximum atomic E-state index is 12.5. The third-order valence-corrected chi connectivity index (χ3v) is 4.58. The number of furan rings is 1. The molecule has 0 aliphatic carbocycles. The van der Waals surface area contributed by atoms with E-state index in [-0.39, 0.29) is 17.4 Å². The zero-order chi connectivity index (χ0) is 20.4. The highest BCUT2D eigenvalue weighted by atomic mass is 16.4. The van der Waals surface area contributed by atoms with E-state index < -0.39 is 11.9 Å². The van der Waals surface area contributed by atoms with Crippen LogP contribution in [-0.4, -0.2) is 26.8 Å². The van der Waals surface area contributed by atoms with Gasteiger partial charge in [0.1, 0.15) is 11.3 Å². The van der Waals surface area contributed by atoms with Crippen LogP contribution in [0.25, 0.3) is 5.69 Å². The molecule has 0 saturated heterocycles. The van der Waals surface area contributed by atoms with Crippen molar-refractivity contribution >= 4 is 11.9 Å². The molecule has 28 heavy (non-hydrogen) atoms. The van der Waals surface area contributed by atoms with E-state index >= 15 is 0 Å². The van der Waals surface area contributed by atoms with Crippen LogP contribution in [0.5, 0.6) is 0 Å². The number of benzene rings is 1. The van der Waals surface area contributed by atoms with E-state index in [1.807, 2.05) is 55.8 Å². The van der Waals surface area contributed by atoms with Crippen LogP contribution in [0, 0.1) is 13.8 Å². The summed E-state index contributed by atoms with van der Waals surface area (Å²) in [5.74, 6) is -1.26. The van der Waals surface area contributed by atoms with Crippen LogP contribution >= 0.6 is 0 Å². The van der Waals surface area contributed by atoms with Crippen LogP contribution in [0.15, 0.2) is 40.8 Å². The summed E-state index contributed by atoms with van der Waals surface area (Å²) < 4.78 is 7.28. The predicted molar refractivity (Wildman–Crippen MR) is 104 cm³/mol. The maximum Gasteiger partial charge on any atom is 0.339 e. The molecule has 0 saturated carbocycles. The first-order chi connectivity index (χ1) is 13.3. The molecule has 1 amide bonds. The molecule has 1 unspecified atom stereocenters. The largest absolute Gasteiger partial charge is 0.478 e. The van der Waals surface area contributed by atoms with Crippen molar-refractivity contribution < 1.29 is 19.1 Å². The molecule has 0 aliphatic rings. The highest BCUT2D eigenvalue weighted by Gasteiger charge is 2.21. The number of aromatic carboxylic acids is 1. The molecular weight excluding hydrogens is 358 g/mol. The summed E-state index contributed by atoms with van der Waals surface area (Å²) in [6.45, 7) is 7.58. The lowest BCUT2D eigenvalue weighted by molar-refractivity contribution is 0.0694. The summed E-state index contributed by atoms with van der Waals surface area (Å²) in [5.41, 5.74) is 3.88. The van der Waals surface area contributed by atoms with Crippen molar-refractivity contribution in [1.29, 1.82) is 0 Å². The standard InChI is InChI=1S/C21H23N3O4/c1-5-18-17(21(26)27)11-19(28-18)20(25)22-14(4)15-6-8-16(9-7-15)24-13(3)10-12(2)23-24/h6-11,14H,5H2,1-4H3,(H,22,25)(H,26,27). The molecule has 3 rings (SSSR count). The summed E-state index contributed by atoms with van der Waals surface area (Å²) >= 11 is 0. The Morgan fingerprint density at radius 1 is 1.21 bits per heavy atom. The molecule has 0 aliphatic heterocycles. The molecule has 3 aromatic rings. The number of carbonyl (C=O) groups excluding carboxylic acids is 1. The number of hydrogen-bond acceptors (Lipinski definition) is 4. The van der Waals surface area contributed by atoms with E-state index in [0.29, 0.717) is 12.2 Å². The molecule has 146 valence electrons.